The lowest BCUT2D eigenvalue weighted by atomic mass is 10.3. The predicted octanol–water partition coefficient (Wildman–Crippen LogP) is 2.32. The monoisotopic (exact) mass is 192 g/mol. The summed E-state index contributed by atoms with van der Waals surface area (Å²) in [7, 11) is 0. The first-order chi connectivity index (χ1) is 5.24. The van der Waals surface area contributed by atoms with Gasteiger partial charge in [-0.2, -0.15) is 0 Å². The highest BCUT2D eigenvalue weighted by Crippen LogP contribution is 2.26. The van der Waals surface area contributed by atoms with E-state index in [2.05, 4.69) is 0 Å². The number of rotatable bonds is 2. The lowest BCUT2D eigenvalue weighted by molar-refractivity contribution is 0.0986. The Kier molecular flexibility index (Phi) is 3.00. The third kappa shape index (κ3) is 2.26. The van der Waals surface area contributed by atoms with Crippen molar-refractivity contribution < 1.29 is 9.84 Å². The third-order valence-corrected chi connectivity index (χ3v) is 1.64. The largest absolute Gasteiger partial charge is 0.466 e. The summed E-state index contributed by atoms with van der Waals surface area (Å²) in [4.78, 5) is 0. The number of ether oxygens (including phenoxy) is 1. The van der Waals surface area contributed by atoms with E-state index in [9.17, 15) is 0 Å². The van der Waals surface area contributed by atoms with Crippen molar-refractivity contribution in [3.8, 4) is 5.75 Å². The second-order valence-corrected chi connectivity index (χ2v) is 2.69. The number of aliphatic hydroxyl groups excluding tert-OH is 1. The molecular formula is C7H6Cl2O2. The Morgan fingerprint density at radius 1 is 1.36 bits per heavy atom. The molecule has 0 radical (unpaired) electrons. The van der Waals surface area contributed by atoms with Gasteiger partial charge in [-0.15, -0.1) is 0 Å². The molecule has 60 valence electrons. The zero-order valence-electron chi connectivity index (χ0n) is 5.55. The van der Waals surface area contributed by atoms with Crippen LogP contribution in [0.5, 0.6) is 5.75 Å². The topological polar surface area (TPSA) is 29.5 Å². The second kappa shape index (κ2) is 3.81. The fourth-order valence-corrected chi connectivity index (χ4v) is 1.12. The lowest BCUT2D eigenvalue weighted by Crippen LogP contribution is -1.94. The molecule has 1 N–H and O–H groups in total. The Morgan fingerprint density at radius 3 is 2.64 bits per heavy atom. The van der Waals surface area contributed by atoms with Gasteiger partial charge in [-0.05, 0) is 18.2 Å². The van der Waals surface area contributed by atoms with Crippen LogP contribution in [0.25, 0.3) is 0 Å². The Labute approximate surface area is 74.3 Å². The second-order valence-electron chi connectivity index (χ2n) is 1.85. The van der Waals surface area contributed by atoms with E-state index < -0.39 is 0 Å². The summed E-state index contributed by atoms with van der Waals surface area (Å²) in [5.74, 6) is 0.429. The van der Waals surface area contributed by atoms with E-state index in [4.69, 9.17) is 33.0 Å². The van der Waals surface area contributed by atoms with Gasteiger partial charge in [0.25, 0.3) is 0 Å². The number of hydrogen-bond donors (Lipinski definition) is 1. The van der Waals surface area contributed by atoms with Crippen LogP contribution in [0.3, 0.4) is 0 Å². The minimum absolute atomic E-state index is 0.388. The normalized spacial score (nSPS) is 9.73. The molecule has 1 rings (SSSR count). The predicted molar refractivity (Wildman–Crippen MR) is 44.2 cm³/mol. The lowest BCUT2D eigenvalue weighted by Gasteiger charge is -2.03. The van der Waals surface area contributed by atoms with Crippen molar-refractivity contribution in [2.24, 2.45) is 0 Å². The van der Waals surface area contributed by atoms with Crippen LogP contribution in [0, 0.1) is 0 Å². The summed E-state index contributed by atoms with van der Waals surface area (Å²) in [6.45, 7) is -0.388. The van der Waals surface area contributed by atoms with Crippen molar-refractivity contribution in [1.29, 1.82) is 0 Å². The zero-order valence-corrected chi connectivity index (χ0v) is 7.06. The maximum absolute atomic E-state index is 8.40. The van der Waals surface area contributed by atoms with Gasteiger partial charge in [-0.3, -0.25) is 0 Å². The highest BCUT2D eigenvalue weighted by molar-refractivity contribution is 6.35. The molecule has 0 unspecified atom stereocenters. The molecule has 0 heterocycles. The molecule has 1 aromatic rings. The quantitative estimate of drug-likeness (QED) is 0.730. The molecule has 0 amide bonds. The van der Waals surface area contributed by atoms with E-state index in [1.54, 1.807) is 18.2 Å². The van der Waals surface area contributed by atoms with E-state index in [1.807, 2.05) is 0 Å². The molecule has 0 fully saturated rings. The molecule has 0 aliphatic carbocycles. The molecule has 0 spiro atoms. The molecule has 0 aliphatic rings. The Morgan fingerprint density at radius 2 is 2.09 bits per heavy atom. The first-order valence-corrected chi connectivity index (χ1v) is 3.68. The molecule has 0 saturated heterocycles. The van der Waals surface area contributed by atoms with Gasteiger partial charge in [0.1, 0.15) is 5.75 Å². The van der Waals surface area contributed by atoms with E-state index >= 15 is 0 Å². The molecule has 2 nitrogen and oxygen atoms in total. The Balaban J connectivity index is 2.90. The van der Waals surface area contributed by atoms with Gasteiger partial charge in [0.05, 0.1) is 5.02 Å². The standard InChI is InChI=1S/C7H6Cl2O2/c8-5-1-2-7(11-4-10)6(9)3-5/h1-3,10H,4H2. The zero-order chi connectivity index (χ0) is 8.27. The summed E-state index contributed by atoms with van der Waals surface area (Å²) in [5.41, 5.74) is 0. The van der Waals surface area contributed by atoms with E-state index in [1.165, 1.54) is 0 Å². The smallest absolute Gasteiger partial charge is 0.186 e. The van der Waals surface area contributed by atoms with Crippen molar-refractivity contribution in [1.82, 2.24) is 0 Å². The number of hydrogen-bond acceptors (Lipinski definition) is 2. The fourth-order valence-electron chi connectivity index (χ4n) is 0.662. The van der Waals surface area contributed by atoms with Gasteiger partial charge in [0, 0.05) is 5.02 Å². The fraction of sp³-hybridized carbons (Fsp3) is 0.143. The first-order valence-electron chi connectivity index (χ1n) is 2.93. The van der Waals surface area contributed by atoms with Crippen molar-refractivity contribution in [3.05, 3.63) is 28.2 Å². The molecule has 0 bridgehead atoms. The molecule has 1 aromatic carbocycles. The van der Waals surface area contributed by atoms with E-state index in [0.29, 0.717) is 15.8 Å². The maximum atomic E-state index is 8.40. The van der Waals surface area contributed by atoms with Gasteiger partial charge < -0.3 is 9.84 Å². The van der Waals surface area contributed by atoms with Crippen LogP contribution in [0.2, 0.25) is 10.0 Å². The van der Waals surface area contributed by atoms with Crippen LogP contribution in [0.4, 0.5) is 0 Å². The summed E-state index contributed by atoms with van der Waals surface area (Å²) in [6.07, 6.45) is 0. The van der Waals surface area contributed by atoms with E-state index in [-0.39, 0.29) is 6.79 Å². The molecule has 0 aromatic heterocycles. The number of aliphatic hydroxyl groups is 1. The van der Waals surface area contributed by atoms with Crippen LogP contribution in [0.15, 0.2) is 18.2 Å². The summed E-state index contributed by atoms with van der Waals surface area (Å²) < 4.78 is 4.76. The molecule has 0 saturated carbocycles. The minimum Gasteiger partial charge on any atom is -0.466 e. The average molecular weight is 193 g/mol. The van der Waals surface area contributed by atoms with Crippen molar-refractivity contribution in [3.63, 3.8) is 0 Å². The minimum atomic E-state index is -0.388. The van der Waals surface area contributed by atoms with Crippen molar-refractivity contribution in [2.75, 3.05) is 6.79 Å². The van der Waals surface area contributed by atoms with Crippen molar-refractivity contribution >= 4 is 23.2 Å². The van der Waals surface area contributed by atoms with Crippen LogP contribution < -0.4 is 4.74 Å². The van der Waals surface area contributed by atoms with Crippen LogP contribution >= 0.6 is 23.2 Å². The summed E-state index contributed by atoms with van der Waals surface area (Å²) >= 11 is 11.3. The molecule has 11 heavy (non-hydrogen) atoms. The van der Waals surface area contributed by atoms with Gasteiger partial charge >= 0.3 is 0 Å². The number of benzene rings is 1. The van der Waals surface area contributed by atoms with Gasteiger partial charge in [0.2, 0.25) is 0 Å². The SMILES string of the molecule is OCOc1ccc(Cl)cc1Cl. The van der Waals surface area contributed by atoms with Gasteiger partial charge in [-0.25, -0.2) is 0 Å². The highest BCUT2D eigenvalue weighted by Gasteiger charge is 2.00. The number of halogens is 2. The van der Waals surface area contributed by atoms with Crippen LogP contribution in [-0.2, 0) is 0 Å². The van der Waals surface area contributed by atoms with Crippen molar-refractivity contribution in [2.45, 2.75) is 0 Å². The summed E-state index contributed by atoms with van der Waals surface area (Å²) in [6, 6.07) is 4.79. The summed E-state index contributed by atoms with van der Waals surface area (Å²) in [5, 5.41) is 9.34. The third-order valence-electron chi connectivity index (χ3n) is 1.11. The van der Waals surface area contributed by atoms with Gasteiger partial charge in [-0.1, -0.05) is 23.2 Å². The molecule has 0 atom stereocenters. The Bertz CT molecular complexity index is 250. The van der Waals surface area contributed by atoms with Gasteiger partial charge in [0.15, 0.2) is 6.79 Å². The molecular weight excluding hydrogens is 187 g/mol. The highest BCUT2D eigenvalue weighted by atomic mass is 35.5. The maximum Gasteiger partial charge on any atom is 0.186 e. The van der Waals surface area contributed by atoms with Crippen LogP contribution in [-0.4, -0.2) is 11.9 Å². The van der Waals surface area contributed by atoms with E-state index in [0.717, 1.165) is 0 Å². The average Bonchev–Trinajstić information content (AvgIpc) is 1.95. The first kappa shape index (κ1) is 8.65. The van der Waals surface area contributed by atoms with Crippen LogP contribution in [0.1, 0.15) is 0 Å². The molecule has 0 aliphatic heterocycles. The molecule has 4 heteroatoms. The Hall–Kier alpha value is -0.440.